The van der Waals surface area contributed by atoms with Crippen molar-refractivity contribution < 1.29 is 0 Å². The second-order valence-corrected chi connectivity index (χ2v) is 16.9. The van der Waals surface area contributed by atoms with Crippen LogP contribution in [0.25, 0.3) is 111 Å². The fraction of sp³-hybridized carbons (Fsp3) is 0. The summed E-state index contributed by atoms with van der Waals surface area (Å²) in [6.07, 6.45) is 3.51. The molecule has 5 heterocycles. The fourth-order valence-electron chi connectivity index (χ4n) is 11.0. The van der Waals surface area contributed by atoms with Crippen molar-refractivity contribution in [2.24, 2.45) is 0 Å². The summed E-state index contributed by atoms with van der Waals surface area (Å²) in [4.78, 5) is 9.20. The number of rotatable bonds is 5. The Morgan fingerprint density at radius 2 is 0.841 bits per heavy atom. The molecule has 0 fully saturated rings. The first kappa shape index (κ1) is 34.4. The maximum absolute atomic E-state index is 4.87. The Morgan fingerprint density at radius 3 is 1.29 bits per heavy atom. The van der Waals surface area contributed by atoms with E-state index in [0.717, 1.165) is 11.3 Å². The number of aromatic nitrogens is 4. The Labute approximate surface area is 364 Å². The van der Waals surface area contributed by atoms with Crippen molar-refractivity contribution in [1.82, 2.24) is 19.1 Å². The summed E-state index contributed by atoms with van der Waals surface area (Å²) in [6, 6.07) is 73.9. The lowest BCUT2D eigenvalue weighted by atomic mass is 9.34. The van der Waals surface area contributed by atoms with Crippen LogP contribution in [-0.2, 0) is 0 Å². The average Bonchev–Trinajstić information content (AvgIpc) is 3.89. The van der Waals surface area contributed by atoms with E-state index < -0.39 is 0 Å². The monoisotopic (exact) mass is 798 g/mol. The average molecular weight is 799 g/mol. The van der Waals surface area contributed by atoms with Crippen LogP contribution in [0.4, 0.5) is 0 Å². The number of benzene rings is 9. The minimum atomic E-state index is -0.0232. The van der Waals surface area contributed by atoms with Gasteiger partial charge in [-0.2, -0.15) is 0 Å². The molecular weight excluding hydrogens is 763 g/mol. The van der Waals surface area contributed by atoms with Gasteiger partial charge in [0, 0.05) is 55.7 Å². The summed E-state index contributed by atoms with van der Waals surface area (Å²) in [5.41, 5.74) is 22.9. The second kappa shape index (κ2) is 13.1. The molecule has 0 aliphatic carbocycles. The topological polar surface area (TPSA) is 35.6 Å². The Bertz CT molecular complexity index is 3590. The maximum Gasteiger partial charge on any atom is 0.252 e. The zero-order valence-corrected chi connectivity index (χ0v) is 34.1. The van der Waals surface area contributed by atoms with E-state index in [1.807, 2.05) is 12.3 Å². The maximum atomic E-state index is 4.87. The molecule has 5 heteroatoms. The van der Waals surface area contributed by atoms with Crippen molar-refractivity contribution >= 4 is 66.7 Å². The highest BCUT2D eigenvalue weighted by Gasteiger charge is 2.42. The quantitative estimate of drug-likeness (QED) is 0.163. The van der Waals surface area contributed by atoms with Gasteiger partial charge in [-0.25, -0.2) is 9.97 Å². The smallest absolute Gasteiger partial charge is 0.252 e. The molecule has 14 rings (SSSR count). The van der Waals surface area contributed by atoms with Crippen molar-refractivity contribution in [2.75, 3.05) is 0 Å². The zero-order chi connectivity index (χ0) is 41.2. The molecule has 3 aromatic heterocycles. The number of nitrogens with zero attached hydrogens (tertiary/aromatic N) is 4. The van der Waals surface area contributed by atoms with Crippen LogP contribution in [0.15, 0.2) is 213 Å². The Kier molecular flexibility index (Phi) is 7.17. The van der Waals surface area contributed by atoms with Gasteiger partial charge in [-0.15, -0.1) is 0 Å². The fourth-order valence-corrected chi connectivity index (χ4v) is 11.0. The third-order valence-electron chi connectivity index (χ3n) is 13.7. The summed E-state index contributed by atoms with van der Waals surface area (Å²) in [5.74, 6) is 0. The minimum Gasteiger partial charge on any atom is -0.310 e. The lowest BCUT2D eigenvalue weighted by Gasteiger charge is -2.34. The Balaban J connectivity index is 1.17. The molecule has 9 aromatic carbocycles. The molecule has 0 saturated heterocycles. The van der Waals surface area contributed by atoms with Crippen LogP contribution in [0, 0.1) is 0 Å². The van der Waals surface area contributed by atoms with E-state index >= 15 is 0 Å². The highest BCUT2D eigenvalue weighted by molar-refractivity contribution is 7.00. The third-order valence-corrected chi connectivity index (χ3v) is 13.7. The predicted molar refractivity (Wildman–Crippen MR) is 263 cm³/mol. The van der Waals surface area contributed by atoms with Gasteiger partial charge in [-0.3, -0.25) is 0 Å². The van der Waals surface area contributed by atoms with Gasteiger partial charge in [-0.05, 0) is 103 Å². The zero-order valence-electron chi connectivity index (χ0n) is 34.1. The molecule has 0 amide bonds. The van der Waals surface area contributed by atoms with E-state index in [2.05, 4.69) is 208 Å². The Hall–Kier alpha value is -8.28. The van der Waals surface area contributed by atoms with Gasteiger partial charge in [0.15, 0.2) is 0 Å². The summed E-state index contributed by atoms with van der Waals surface area (Å²) in [7, 11) is 0. The molecule has 0 bridgehead atoms. The van der Waals surface area contributed by atoms with Gasteiger partial charge in [0.05, 0.1) is 16.7 Å². The van der Waals surface area contributed by atoms with E-state index in [9.17, 15) is 0 Å². The summed E-state index contributed by atoms with van der Waals surface area (Å²) in [5, 5.41) is 5.05. The van der Waals surface area contributed by atoms with Crippen molar-refractivity contribution in [3.63, 3.8) is 0 Å². The molecule has 0 unspecified atom stereocenters. The molecular formula is C58H35BN4. The predicted octanol–water partition coefficient (Wildman–Crippen LogP) is 12.1. The van der Waals surface area contributed by atoms with Gasteiger partial charge in [-0.1, -0.05) is 158 Å². The molecule has 12 aromatic rings. The van der Waals surface area contributed by atoms with Crippen molar-refractivity contribution in [3.8, 4) is 67.1 Å². The number of fused-ring (bicyclic) bond motifs is 10. The number of hydrogen-bond donors (Lipinski definition) is 0. The molecule has 0 radical (unpaired) electrons. The summed E-state index contributed by atoms with van der Waals surface area (Å²) in [6.45, 7) is -0.0232. The van der Waals surface area contributed by atoms with E-state index in [-0.39, 0.29) is 6.71 Å². The molecule has 0 spiro atoms. The van der Waals surface area contributed by atoms with Crippen LogP contribution in [0.2, 0.25) is 0 Å². The van der Waals surface area contributed by atoms with Crippen molar-refractivity contribution in [3.05, 3.63) is 213 Å². The SMILES string of the molecule is c1ccc(-c2ccc3c(c2)c2c(-c4ccccc4)ccc4c2n3-c2cc(-c3ccncn3)cc3c2B4c2ccc(-c4ccccc4)c4c5cc(-c6ccccc6)ccc5n-3c24)cc1. The van der Waals surface area contributed by atoms with Gasteiger partial charge in [0.25, 0.3) is 6.71 Å². The van der Waals surface area contributed by atoms with Crippen LogP contribution in [-0.4, -0.2) is 25.8 Å². The lowest BCUT2D eigenvalue weighted by molar-refractivity contribution is 1.13. The van der Waals surface area contributed by atoms with Crippen LogP contribution >= 0.6 is 0 Å². The highest BCUT2D eigenvalue weighted by Crippen LogP contribution is 2.46. The van der Waals surface area contributed by atoms with Crippen LogP contribution in [0.5, 0.6) is 0 Å². The molecule has 0 atom stereocenters. The van der Waals surface area contributed by atoms with Crippen LogP contribution in [0.1, 0.15) is 0 Å². The molecule has 63 heavy (non-hydrogen) atoms. The highest BCUT2D eigenvalue weighted by atomic mass is 15.0. The van der Waals surface area contributed by atoms with Crippen molar-refractivity contribution in [1.29, 1.82) is 0 Å². The van der Waals surface area contributed by atoms with Gasteiger partial charge >= 0.3 is 0 Å². The van der Waals surface area contributed by atoms with E-state index in [0.29, 0.717) is 0 Å². The number of hydrogen-bond acceptors (Lipinski definition) is 2. The molecule has 290 valence electrons. The van der Waals surface area contributed by atoms with Crippen LogP contribution in [0.3, 0.4) is 0 Å². The minimum absolute atomic E-state index is 0.0232. The third kappa shape index (κ3) is 4.87. The van der Waals surface area contributed by atoms with E-state index in [1.165, 1.54) is 116 Å². The van der Waals surface area contributed by atoms with Gasteiger partial charge < -0.3 is 9.13 Å². The molecule has 2 aliphatic heterocycles. The van der Waals surface area contributed by atoms with Crippen molar-refractivity contribution in [2.45, 2.75) is 0 Å². The van der Waals surface area contributed by atoms with E-state index in [1.54, 1.807) is 6.33 Å². The molecule has 2 aliphatic rings. The van der Waals surface area contributed by atoms with Gasteiger partial charge in [0.1, 0.15) is 6.33 Å². The van der Waals surface area contributed by atoms with E-state index in [4.69, 9.17) is 4.98 Å². The molecule has 4 nitrogen and oxygen atoms in total. The first-order valence-corrected chi connectivity index (χ1v) is 21.7. The summed E-state index contributed by atoms with van der Waals surface area (Å²) < 4.78 is 5.14. The standard InChI is InChI=1S/C58H35BN4/c1-5-13-36(14-6-1)40-21-27-50-45(31-40)54-43(38-17-9-3-10-18-38)23-25-47-57(54)62(50)52-33-42(49-29-30-60-35-61-49)34-53-56(52)59(47)48-26-24-44(39-19-11-4-12-20-39)55-46-32-41(37-15-7-2-8-16-37)22-28-51(46)63(53)58(48)55/h1-35H. The Morgan fingerprint density at radius 1 is 0.381 bits per heavy atom. The largest absolute Gasteiger partial charge is 0.310 e. The summed E-state index contributed by atoms with van der Waals surface area (Å²) >= 11 is 0. The lowest BCUT2D eigenvalue weighted by Crippen LogP contribution is -2.59. The molecule has 0 N–H and O–H groups in total. The molecule has 0 saturated carbocycles. The van der Waals surface area contributed by atoms with Gasteiger partial charge in [0.2, 0.25) is 0 Å². The second-order valence-electron chi connectivity index (χ2n) is 16.9. The first-order chi connectivity index (χ1) is 31.3. The first-order valence-electron chi connectivity index (χ1n) is 21.7. The normalized spacial score (nSPS) is 12.4. The van der Waals surface area contributed by atoms with Crippen LogP contribution < -0.4 is 16.4 Å².